The highest BCUT2D eigenvalue weighted by Crippen LogP contribution is 2.42. The average Bonchev–Trinajstić information content (AvgIpc) is 3.02. The molecule has 0 spiro atoms. The van der Waals surface area contributed by atoms with Crippen LogP contribution in [0.4, 0.5) is 17.1 Å². The quantitative estimate of drug-likeness (QED) is 0.234. The Labute approximate surface area is 307 Å². The van der Waals surface area contributed by atoms with Gasteiger partial charge in [0.05, 0.1) is 0 Å². The molecule has 0 unspecified atom stereocenters. The summed E-state index contributed by atoms with van der Waals surface area (Å²) in [7, 11) is 4.41. The lowest BCUT2D eigenvalue weighted by Crippen LogP contribution is -2.35. The van der Waals surface area contributed by atoms with E-state index in [1.807, 2.05) is 0 Å². The molecule has 0 amide bonds. The fraction of sp³-hybridized carbons (Fsp3) is 0.617. The molecule has 3 aromatic carbocycles. The van der Waals surface area contributed by atoms with Gasteiger partial charge in [0.25, 0.3) is 0 Å². The second-order valence-electron chi connectivity index (χ2n) is 19.1. The number of nitrogens with zero attached hydrogens (tertiary/aromatic N) is 3. The molecule has 50 heavy (non-hydrogen) atoms. The van der Waals surface area contributed by atoms with Gasteiger partial charge in [0, 0.05) is 57.3 Å². The average molecular weight is 678 g/mol. The molecule has 0 saturated heterocycles. The summed E-state index contributed by atoms with van der Waals surface area (Å²) >= 11 is 0. The van der Waals surface area contributed by atoms with Gasteiger partial charge in [-0.05, 0) is 156 Å². The van der Waals surface area contributed by atoms with Crippen molar-refractivity contribution in [3.05, 3.63) is 86.0 Å². The summed E-state index contributed by atoms with van der Waals surface area (Å²) in [4.78, 5) is 7.41. The van der Waals surface area contributed by atoms with Gasteiger partial charge < -0.3 is 14.7 Å². The summed E-state index contributed by atoms with van der Waals surface area (Å²) in [5.74, 6) is 0. The first kappa shape index (κ1) is 38.3. The van der Waals surface area contributed by atoms with Crippen molar-refractivity contribution in [2.24, 2.45) is 0 Å². The number of fused-ring (bicyclic) bond motifs is 2. The maximum atomic E-state index is 2.64. The van der Waals surface area contributed by atoms with Crippen LogP contribution < -0.4 is 14.7 Å². The topological polar surface area (TPSA) is 9.72 Å². The van der Waals surface area contributed by atoms with E-state index in [9.17, 15) is 0 Å². The number of hydrogen-bond acceptors (Lipinski definition) is 3. The number of benzene rings is 3. The Balaban J connectivity index is 0.000000146. The molecular weight excluding hydrogens is 607 g/mol. The Bertz CT molecular complexity index is 1650. The Morgan fingerprint density at radius 1 is 0.480 bits per heavy atom. The van der Waals surface area contributed by atoms with Crippen molar-refractivity contribution in [1.29, 1.82) is 0 Å². The lowest BCUT2D eigenvalue weighted by molar-refractivity contribution is 0.574. The second kappa shape index (κ2) is 14.6. The Hall–Kier alpha value is -2.94. The molecule has 0 aromatic heterocycles. The number of aryl methyl sites for hydroxylation is 3. The molecule has 0 fully saturated rings. The highest BCUT2D eigenvalue weighted by atomic mass is 15.1. The van der Waals surface area contributed by atoms with Crippen molar-refractivity contribution in [2.45, 2.75) is 151 Å². The van der Waals surface area contributed by atoms with Crippen LogP contribution in [0.3, 0.4) is 0 Å². The summed E-state index contributed by atoms with van der Waals surface area (Å²) in [6, 6.07) is 11.9. The van der Waals surface area contributed by atoms with Gasteiger partial charge in [0.2, 0.25) is 0 Å². The predicted octanol–water partition coefficient (Wildman–Crippen LogP) is 11.3. The van der Waals surface area contributed by atoms with E-state index >= 15 is 0 Å². The van der Waals surface area contributed by atoms with E-state index < -0.39 is 0 Å². The van der Waals surface area contributed by atoms with Gasteiger partial charge in [-0.2, -0.15) is 0 Å². The molecule has 0 N–H and O–H groups in total. The van der Waals surface area contributed by atoms with Gasteiger partial charge in [-0.1, -0.05) is 80.5 Å². The van der Waals surface area contributed by atoms with Crippen molar-refractivity contribution in [1.82, 2.24) is 0 Å². The van der Waals surface area contributed by atoms with Crippen LogP contribution in [0.25, 0.3) is 0 Å². The Kier molecular flexibility index (Phi) is 11.2. The molecule has 0 radical (unpaired) electrons. The monoisotopic (exact) mass is 678 g/mol. The number of hydrogen-bond donors (Lipinski definition) is 0. The third-order valence-electron chi connectivity index (χ3n) is 11.9. The van der Waals surface area contributed by atoms with E-state index in [2.05, 4.69) is 142 Å². The van der Waals surface area contributed by atoms with Gasteiger partial charge in [0.1, 0.15) is 0 Å². The molecular formula is C47H71N3. The van der Waals surface area contributed by atoms with Crippen molar-refractivity contribution < 1.29 is 0 Å². The highest BCUT2D eigenvalue weighted by molar-refractivity contribution is 5.67. The normalized spacial score (nSPS) is 17.1. The van der Waals surface area contributed by atoms with E-state index in [0.29, 0.717) is 0 Å². The van der Waals surface area contributed by atoms with Crippen LogP contribution in [0.15, 0.2) is 30.3 Å². The van der Waals surface area contributed by atoms with E-state index in [1.165, 1.54) is 117 Å². The zero-order chi connectivity index (χ0) is 36.8. The van der Waals surface area contributed by atoms with E-state index in [1.54, 1.807) is 33.5 Å². The third kappa shape index (κ3) is 8.08. The summed E-state index contributed by atoms with van der Waals surface area (Å²) < 4.78 is 0. The predicted molar refractivity (Wildman–Crippen MR) is 222 cm³/mol. The fourth-order valence-corrected chi connectivity index (χ4v) is 9.37. The zero-order valence-corrected chi connectivity index (χ0v) is 34.7. The summed E-state index contributed by atoms with van der Waals surface area (Å²) in [5, 5.41) is 0. The minimum Gasteiger partial charge on any atom is -0.374 e. The van der Waals surface area contributed by atoms with Crippen molar-refractivity contribution in [2.75, 3.05) is 55.0 Å². The number of rotatable bonds is 0. The van der Waals surface area contributed by atoms with Crippen LogP contribution in [0, 0.1) is 20.8 Å². The van der Waals surface area contributed by atoms with Crippen LogP contribution in [0.2, 0.25) is 0 Å². The van der Waals surface area contributed by atoms with Crippen molar-refractivity contribution in [3.63, 3.8) is 0 Å². The second-order valence-corrected chi connectivity index (χ2v) is 19.1. The van der Waals surface area contributed by atoms with Gasteiger partial charge >= 0.3 is 0 Å². The molecule has 274 valence electrons. The Morgan fingerprint density at radius 3 is 1.58 bits per heavy atom. The lowest BCUT2D eigenvalue weighted by Gasteiger charge is -2.39. The van der Waals surface area contributed by atoms with E-state index in [4.69, 9.17) is 0 Å². The third-order valence-corrected chi connectivity index (χ3v) is 11.9. The Morgan fingerprint density at radius 2 is 0.960 bits per heavy atom. The van der Waals surface area contributed by atoms with Gasteiger partial charge in [-0.25, -0.2) is 0 Å². The molecule has 0 bridgehead atoms. The first-order valence-corrected chi connectivity index (χ1v) is 19.9. The smallest absolute Gasteiger partial charge is 0.0434 e. The molecule has 3 heteroatoms. The van der Waals surface area contributed by atoms with Crippen LogP contribution in [-0.2, 0) is 41.9 Å². The van der Waals surface area contributed by atoms with Crippen molar-refractivity contribution >= 4 is 17.1 Å². The van der Waals surface area contributed by atoms with E-state index in [0.717, 1.165) is 0 Å². The molecule has 3 nitrogen and oxygen atoms in total. The minimum absolute atomic E-state index is 0.259. The van der Waals surface area contributed by atoms with Gasteiger partial charge in [-0.15, -0.1) is 0 Å². The molecule has 0 aliphatic carbocycles. The van der Waals surface area contributed by atoms with E-state index in [-0.39, 0.29) is 16.2 Å². The van der Waals surface area contributed by atoms with Gasteiger partial charge in [0.15, 0.2) is 0 Å². The summed E-state index contributed by atoms with van der Waals surface area (Å²) in [6.45, 7) is 32.6. The highest BCUT2D eigenvalue weighted by Gasteiger charge is 2.29. The minimum atomic E-state index is 0.259. The lowest BCUT2D eigenvalue weighted by atomic mass is 9.78. The summed E-state index contributed by atoms with van der Waals surface area (Å²) in [5.41, 5.74) is 20.7. The molecule has 7 rings (SSSR count). The zero-order valence-electron chi connectivity index (χ0n) is 34.7. The molecule has 3 aromatic rings. The summed E-state index contributed by atoms with van der Waals surface area (Å²) in [6.07, 6.45) is 10.3. The first-order valence-electron chi connectivity index (χ1n) is 19.9. The maximum Gasteiger partial charge on any atom is 0.0434 e. The SMILES string of the molecule is Cc1c(C(C)(C)C)cc2c3c1CCCN3CCC2.Cc1c(C(C)(C)C)ccc2c1CCCN2C.Cc1cc2c(cc1C(C)(C)C)CCCN2C. The standard InChI is InChI=1S/C17H25N.2C15H23N/c1-12-14-8-6-10-18-9-5-7-13(16(14)18)11-15(12)17(2,3)4;1-11-12-7-6-10-16(5)14(12)9-8-13(11)15(2,3)4;1-11-9-14-12(7-6-8-16(14)5)10-13(11)15(2,3)4/h11H,5-10H2,1-4H3;8-9H,6-7,10H2,1-5H3;9-10H,6-8H2,1-5H3. The maximum absolute atomic E-state index is 2.64. The fourth-order valence-electron chi connectivity index (χ4n) is 9.37. The van der Waals surface area contributed by atoms with Crippen LogP contribution in [0.1, 0.15) is 144 Å². The molecule has 4 aliphatic rings. The molecule has 4 heterocycles. The van der Waals surface area contributed by atoms with Gasteiger partial charge in [-0.3, -0.25) is 0 Å². The molecule has 4 aliphatic heterocycles. The largest absolute Gasteiger partial charge is 0.374 e. The molecule has 0 atom stereocenters. The first-order chi connectivity index (χ1) is 23.3. The van der Waals surface area contributed by atoms with Crippen molar-refractivity contribution in [3.8, 4) is 0 Å². The number of anilines is 3. The van der Waals surface area contributed by atoms with Crippen LogP contribution in [-0.4, -0.2) is 40.3 Å². The van der Waals surface area contributed by atoms with Crippen LogP contribution in [0.5, 0.6) is 0 Å². The van der Waals surface area contributed by atoms with Crippen LogP contribution >= 0.6 is 0 Å². The molecule has 0 saturated carbocycles.